The van der Waals surface area contributed by atoms with Crippen LogP contribution in [0, 0.1) is 0 Å². The van der Waals surface area contributed by atoms with Crippen LogP contribution in [-0.4, -0.2) is 35.8 Å². The number of halogens is 1. The van der Waals surface area contributed by atoms with E-state index < -0.39 is 0 Å². The number of nitrogens with zero attached hydrogens (tertiary/aromatic N) is 3. The fourth-order valence-electron chi connectivity index (χ4n) is 2.03. The Morgan fingerprint density at radius 3 is 2.94 bits per heavy atom. The van der Waals surface area contributed by atoms with Gasteiger partial charge in [0.05, 0.1) is 12.1 Å². The highest BCUT2D eigenvalue weighted by Gasteiger charge is 2.29. The first-order valence-electron chi connectivity index (χ1n) is 5.21. The Morgan fingerprint density at radius 2 is 2.31 bits per heavy atom. The van der Waals surface area contributed by atoms with Gasteiger partial charge in [0.25, 0.3) is 0 Å². The standard InChI is InChI=1S/C10H15ClN4O/c1-6-7(3-4-16-6)15(2)10-8(12)9(11)13-5-14-10/h5-7H,3-4,12H2,1-2H3. The van der Waals surface area contributed by atoms with Crippen LogP contribution in [0.2, 0.25) is 5.15 Å². The highest BCUT2D eigenvalue weighted by Crippen LogP contribution is 2.29. The summed E-state index contributed by atoms with van der Waals surface area (Å²) < 4.78 is 5.52. The van der Waals surface area contributed by atoms with E-state index in [1.54, 1.807) is 0 Å². The summed E-state index contributed by atoms with van der Waals surface area (Å²) in [7, 11) is 1.95. The van der Waals surface area contributed by atoms with Crippen LogP contribution in [0.4, 0.5) is 11.5 Å². The molecule has 88 valence electrons. The molecule has 1 fully saturated rings. The van der Waals surface area contributed by atoms with E-state index in [4.69, 9.17) is 22.1 Å². The highest BCUT2D eigenvalue weighted by molar-refractivity contribution is 6.32. The SMILES string of the molecule is CC1OCCC1N(C)c1ncnc(Cl)c1N. The second-order valence-electron chi connectivity index (χ2n) is 3.94. The molecule has 1 aliphatic heterocycles. The van der Waals surface area contributed by atoms with E-state index in [-0.39, 0.29) is 12.1 Å². The van der Waals surface area contributed by atoms with Gasteiger partial charge >= 0.3 is 0 Å². The fraction of sp³-hybridized carbons (Fsp3) is 0.600. The number of rotatable bonds is 2. The molecule has 0 bridgehead atoms. The van der Waals surface area contributed by atoms with Crippen LogP contribution in [0.25, 0.3) is 0 Å². The fourth-order valence-corrected chi connectivity index (χ4v) is 2.16. The van der Waals surface area contributed by atoms with Crippen LogP contribution >= 0.6 is 11.6 Å². The summed E-state index contributed by atoms with van der Waals surface area (Å²) in [5, 5.41) is 0.295. The number of hydrogen-bond donors (Lipinski definition) is 1. The molecule has 2 unspecified atom stereocenters. The molecule has 1 aromatic heterocycles. The Bertz CT molecular complexity index is 387. The van der Waals surface area contributed by atoms with Crippen LogP contribution in [0.1, 0.15) is 13.3 Å². The minimum Gasteiger partial charge on any atom is -0.393 e. The number of likely N-dealkylation sites (N-methyl/N-ethyl adjacent to an activating group) is 1. The third-order valence-electron chi connectivity index (χ3n) is 2.98. The lowest BCUT2D eigenvalue weighted by atomic mass is 10.1. The first-order valence-corrected chi connectivity index (χ1v) is 5.59. The average molecular weight is 243 g/mol. The van der Waals surface area contributed by atoms with Crippen molar-refractivity contribution in [1.82, 2.24) is 9.97 Å². The van der Waals surface area contributed by atoms with E-state index in [1.165, 1.54) is 6.33 Å². The van der Waals surface area contributed by atoms with E-state index in [9.17, 15) is 0 Å². The van der Waals surface area contributed by atoms with Crippen LogP contribution in [0.15, 0.2) is 6.33 Å². The molecular formula is C10H15ClN4O. The van der Waals surface area contributed by atoms with Gasteiger partial charge in [-0.1, -0.05) is 11.6 Å². The zero-order valence-electron chi connectivity index (χ0n) is 9.35. The maximum absolute atomic E-state index is 5.87. The van der Waals surface area contributed by atoms with Crippen LogP contribution in [-0.2, 0) is 4.74 Å². The summed E-state index contributed by atoms with van der Waals surface area (Å²) in [5.74, 6) is 0.669. The molecule has 0 aromatic carbocycles. The Kier molecular flexibility index (Phi) is 3.16. The van der Waals surface area contributed by atoms with Gasteiger partial charge in [-0.15, -0.1) is 0 Å². The van der Waals surface area contributed by atoms with Crippen molar-refractivity contribution >= 4 is 23.1 Å². The van der Waals surface area contributed by atoms with E-state index in [0.717, 1.165) is 13.0 Å². The van der Waals surface area contributed by atoms with Crippen LogP contribution in [0.3, 0.4) is 0 Å². The Hall–Kier alpha value is -1.07. The third kappa shape index (κ3) is 1.92. The minimum absolute atomic E-state index is 0.179. The van der Waals surface area contributed by atoms with E-state index in [0.29, 0.717) is 16.7 Å². The number of nitrogens with two attached hydrogens (primary N) is 1. The van der Waals surface area contributed by atoms with Crippen molar-refractivity contribution in [2.45, 2.75) is 25.5 Å². The molecule has 2 rings (SSSR count). The molecule has 0 saturated carbocycles. The van der Waals surface area contributed by atoms with Gasteiger partial charge in [-0.05, 0) is 13.3 Å². The number of aromatic nitrogens is 2. The van der Waals surface area contributed by atoms with Gasteiger partial charge in [-0.25, -0.2) is 9.97 Å². The van der Waals surface area contributed by atoms with Gasteiger partial charge in [0.2, 0.25) is 0 Å². The summed E-state index contributed by atoms with van der Waals surface area (Å²) in [4.78, 5) is 10.0. The van der Waals surface area contributed by atoms with Gasteiger partial charge in [0, 0.05) is 13.7 Å². The molecular weight excluding hydrogens is 228 g/mol. The maximum Gasteiger partial charge on any atom is 0.157 e. The minimum atomic E-state index is 0.179. The molecule has 0 amide bonds. The Morgan fingerprint density at radius 1 is 1.56 bits per heavy atom. The molecule has 1 saturated heterocycles. The summed E-state index contributed by atoms with van der Waals surface area (Å²) in [6.45, 7) is 2.82. The Labute approximate surface area is 99.6 Å². The van der Waals surface area contributed by atoms with Crippen molar-refractivity contribution in [3.05, 3.63) is 11.5 Å². The lowest BCUT2D eigenvalue weighted by molar-refractivity contribution is 0.118. The van der Waals surface area contributed by atoms with E-state index in [1.807, 2.05) is 18.9 Å². The second kappa shape index (κ2) is 4.43. The van der Waals surface area contributed by atoms with Gasteiger partial charge in [0.15, 0.2) is 11.0 Å². The molecule has 0 aliphatic carbocycles. The van der Waals surface area contributed by atoms with Crippen LogP contribution < -0.4 is 10.6 Å². The topological polar surface area (TPSA) is 64.3 Å². The van der Waals surface area contributed by atoms with Gasteiger partial charge < -0.3 is 15.4 Å². The summed E-state index contributed by atoms with van der Waals surface area (Å²) in [6, 6.07) is 0.285. The van der Waals surface area contributed by atoms with E-state index in [2.05, 4.69) is 9.97 Å². The molecule has 16 heavy (non-hydrogen) atoms. The molecule has 1 aliphatic rings. The van der Waals surface area contributed by atoms with Crippen molar-refractivity contribution < 1.29 is 4.74 Å². The first-order chi connectivity index (χ1) is 7.61. The number of nitrogen functional groups attached to an aromatic ring is 1. The Balaban J connectivity index is 2.26. The monoisotopic (exact) mass is 242 g/mol. The molecule has 1 aromatic rings. The molecule has 2 heterocycles. The van der Waals surface area contributed by atoms with E-state index >= 15 is 0 Å². The smallest absolute Gasteiger partial charge is 0.157 e. The maximum atomic E-state index is 5.87. The van der Waals surface area contributed by atoms with Crippen molar-refractivity contribution in [2.24, 2.45) is 0 Å². The normalized spacial score (nSPS) is 24.7. The molecule has 0 spiro atoms. The second-order valence-corrected chi connectivity index (χ2v) is 4.30. The summed E-state index contributed by atoms with van der Waals surface area (Å²) in [6.07, 6.45) is 2.57. The number of anilines is 2. The molecule has 2 N–H and O–H groups in total. The summed E-state index contributed by atoms with van der Waals surface area (Å²) in [5.41, 5.74) is 6.28. The molecule has 5 nitrogen and oxygen atoms in total. The van der Waals surface area contributed by atoms with Crippen molar-refractivity contribution in [1.29, 1.82) is 0 Å². The summed E-state index contributed by atoms with van der Waals surface area (Å²) >= 11 is 5.87. The van der Waals surface area contributed by atoms with Gasteiger partial charge in [0.1, 0.15) is 12.0 Å². The zero-order chi connectivity index (χ0) is 11.7. The predicted octanol–water partition coefficient (Wildman–Crippen LogP) is 1.33. The third-order valence-corrected chi connectivity index (χ3v) is 3.28. The first kappa shape index (κ1) is 11.4. The largest absolute Gasteiger partial charge is 0.393 e. The van der Waals surface area contributed by atoms with Crippen molar-refractivity contribution in [2.75, 3.05) is 24.3 Å². The predicted molar refractivity (Wildman–Crippen MR) is 63.7 cm³/mol. The highest BCUT2D eigenvalue weighted by atomic mass is 35.5. The zero-order valence-corrected chi connectivity index (χ0v) is 10.1. The van der Waals surface area contributed by atoms with Crippen molar-refractivity contribution in [3.63, 3.8) is 0 Å². The van der Waals surface area contributed by atoms with Crippen LogP contribution in [0.5, 0.6) is 0 Å². The average Bonchev–Trinajstić information content (AvgIpc) is 2.68. The van der Waals surface area contributed by atoms with Crippen molar-refractivity contribution in [3.8, 4) is 0 Å². The quantitative estimate of drug-likeness (QED) is 0.793. The molecule has 0 radical (unpaired) electrons. The number of hydrogen-bond acceptors (Lipinski definition) is 5. The lowest BCUT2D eigenvalue weighted by Crippen LogP contribution is -2.37. The van der Waals surface area contributed by atoms with Gasteiger partial charge in [-0.2, -0.15) is 0 Å². The molecule has 2 atom stereocenters. The van der Waals surface area contributed by atoms with Gasteiger partial charge in [-0.3, -0.25) is 0 Å². The molecule has 6 heteroatoms. The lowest BCUT2D eigenvalue weighted by Gasteiger charge is -2.28. The number of ether oxygens (including phenoxy) is 1.